The number of aromatic nitrogens is 3. The number of nitrogens with zero attached hydrogens (tertiary/aromatic N) is 3. The fraction of sp³-hybridized carbons (Fsp3) is 0.417. The van der Waals surface area contributed by atoms with Gasteiger partial charge in [0.05, 0.1) is 17.9 Å². The number of carbonyl (C=O) groups excluding carboxylic acids is 1. The maximum Gasteiger partial charge on any atom is 0.360 e. The SMILES string of the molecule is CCOC(=O)c1ncoc1-c1cn(C)nc1CC. The van der Waals surface area contributed by atoms with E-state index in [9.17, 15) is 4.79 Å². The second kappa shape index (κ2) is 5.03. The molecule has 0 aliphatic rings. The van der Waals surface area contributed by atoms with Gasteiger partial charge in [0.25, 0.3) is 0 Å². The second-order valence-corrected chi connectivity index (χ2v) is 3.77. The van der Waals surface area contributed by atoms with Crippen LogP contribution in [0.2, 0.25) is 0 Å². The van der Waals surface area contributed by atoms with E-state index < -0.39 is 5.97 Å². The molecular formula is C12H15N3O3. The highest BCUT2D eigenvalue weighted by Gasteiger charge is 2.22. The van der Waals surface area contributed by atoms with E-state index in [4.69, 9.17) is 9.15 Å². The molecule has 0 N–H and O–H groups in total. The van der Waals surface area contributed by atoms with Crippen LogP contribution in [0.25, 0.3) is 11.3 Å². The van der Waals surface area contributed by atoms with Gasteiger partial charge in [-0.15, -0.1) is 0 Å². The Balaban J connectivity index is 2.45. The number of rotatable bonds is 4. The molecule has 2 heterocycles. The molecule has 6 heteroatoms. The number of aryl methyl sites for hydroxylation is 2. The molecule has 0 unspecified atom stereocenters. The van der Waals surface area contributed by atoms with Crippen molar-refractivity contribution < 1.29 is 13.9 Å². The first-order valence-electron chi connectivity index (χ1n) is 5.80. The van der Waals surface area contributed by atoms with Gasteiger partial charge in [-0.05, 0) is 13.3 Å². The highest BCUT2D eigenvalue weighted by Crippen LogP contribution is 2.26. The first-order chi connectivity index (χ1) is 8.67. The minimum absolute atomic E-state index is 0.194. The van der Waals surface area contributed by atoms with Crippen molar-refractivity contribution in [3.63, 3.8) is 0 Å². The number of carbonyl (C=O) groups is 1. The van der Waals surface area contributed by atoms with Crippen molar-refractivity contribution in [2.75, 3.05) is 6.61 Å². The van der Waals surface area contributed by atoms with Crippen molar-refractivity contribution in [1.29, 1.82) is 0 Å². The molecular weight excluding hydrogens is 234 g/mol. The van der Waals surface area contributed by atoms with Crippen LogP contribution in [0, 0.1) is 0 Å². The van der Waals surface area contributed by atoms with Crippen LogP contribution in [-0.4, -0.2) is 27.3 Å². The lowest BCUT2D eigenvalue weighted by molar-refractivity contribution is 0.0520. The zero-order chi connectivity index (χ0) is 13.1. The van der Waals surface area contributed by atoms with Crippen LogP contribution in [0.5, 0.6) is 0 Å². The Kier molecular flexibility index (Phi) is 3.45. The summed E-state index contributed by atoms with van der Waals surface area (Å²) in [6.45, 7) is 4.05. The van der Waals surface area contributed by atoms with Crippen LogP contribution in [-0.2, 0) is 18.2 Å². The number of oxazole rings is 1. The van der Waals surface area contributed by atoms with Crippen molar-refractivity contribution in [1.82, 2.24) is 14.8 Å². The summed E-state index contributed by atoms with van der Waals surface area (Å²) in [5, 5.41) is 4.31. The topological polar surface area (TPSA) is 70.2 Å². The van der Waals surface area contributed by atoms with Gasteiger partial charge in [0, 0.05) is 13.2 Å². The minimum Gasteiger partial charge on any atom is -0.461 e. The van der Waals surface area contributed by atoms with E-state index in [-0.39, 0.29) is 5.69 Å². The molecule has 0 radical (unpaired) electrons. The van der Waals surface area contributed by atoms with Crippen molar-refractivity contribution in [2.45, 2.75) is 20.3 Å². The van der Waals surface area contributed by atoms with Crippen molar-refractivity contribution >= 4 is 5.97 Å². The lowest BCUT2D eigenvalue weighted by Gasteiger charge is -2.00. The molecule has 0 fully saturated rings. The predicted octanol–water partition coefficient (Wildman–Crippen LogP) is 1.81. The fourth-order valence-electron chi connectivity index (χ4n) is 1.77. The number of hydrogen-bond acceptors (Lipinski definition) is 5. The number of esters is 1. The van der Waals surface area contributed by atoms with Gasteiger partial charge >= 0.3 is 5.97 Å². The molecule has 18 heavy (non-hydrogen) atoms. The largest absolute Gasteiger partial charge is 0.461 e. The van der Waals surface area contributed by atoms with E-state index in [0.29, 0.717) is 12.4 Å². The molecule has 0 amide bonds. The molecule has 0 atom stereocenters. The molecule has 2 aromatic heterocycles. The summed E-state index contributed by atoms with van der Waals surface area (Å²) in [6.07, 6.45) is 3.80. The van der Waals surface area contributed by atoms with Crippen LogP contribution in [0.4, 0.5) is 0 Å². The van der Waals surface area contributed by atoms with Crippen LogP contribution in [0.15, 0.2) is 17.0 Å². The summed E-state index contributed by atoms with van der Waals surface area (Å²) in [4.78, 5) is 15.7. The van der Waals surface area contributed by atoms with Gasteiger partial charge in [-0.2, -0.15) is 5.10 Å². The highest BCUT2D eigenvalue weighted by molar-refractivity contribution is 5.93. The van der Waals surface area contributed by atoms with Crippen molar-refractivity contribution in [3.8, 4) is 11.3 Å². The maximum absolute atomic E-state index is 11.7. The summed E-state index contributed by atoms with van der Waals surface area (Å²) >= 11 is 0. The third-order valence-corrected chi connectivity index (χ3v) is 2.52. The summed E-state index contributed by atoms with van der Waals surface area (Å²) in [6, 6.07) is 0. The van der Waals surface area contributed by atoms with E-state index in [1.165, 1.54) is 6.39 Å². The fourth-order valence-corrected chi connectivity index (χ4v) is 1.77. The average molecular weight is 249 g/mol. The molecule has 0 aromatic carbocycles. The second-order valence-electron chi connectivity index (χ2n) is 3.77. The molecule has 6 nitrogen and oxygen atoms in total. The van der Waals surface area contributed by atoms with E-state index >= 15 is 0 Å². The summed E-state index contributed by atoms with van der Waals surface area (Å²) in [5.74, 6) is -0.0643. The highest BCUT2D eigenvalue weighted by atomic mass is 16.5. The average Bonchev–Trinajstić information content (AvgIpc) is 2.94. The van der Waals surface area contributed by atoms with Gasteiger partial charge in [-0.1, -0.05) is 6.92 Å². The standard InChI is InChI=1S/C12H15N3O3/c1-4-9-8(6-15(3)14-9)11-10(13-7-18-11)12(16)17-5-2/h6-7H,4-5H2,1-3H3. The summed E-state index contributed by atoms with van der Waals surface area (Å²) in [7, 11) is 1.82. The first-order valence-corrected chi connectivity index (χ1v) is 5.80. The van der Waals surface area contributed by atoms with E-state index in [1.807, 2.05) is 20.2 Å². The van der Waals surface area contributed by atoms with Gasteiger partial charge in [-0.3, -0.25) is 4.68 Å². The zero-order valence-corrected chi connectivity index (χ0v) is 10.6. The van der Waals surface area contributed by atoms with Crippen molar-refractivity contribution in [3.05, 3.63) is 24.0 Å². The van der Waals surface area contributed by atoms with Gasteiger partial charge in [-0.25, -0.2) is 9.78 Å². The Morgan fingerprint density at radius 3 is 2.94 bits per heavy atom. The van der Waals surface area contributed by atoms with E-state index in [2.05, 4.69) is 10.1 Å². The molecule has 0 aliphatic carbocycles. The molecule has 0 spiro atoms. The molecule has 96 valence electrons. The van der Waals surface area contributed by atoms with E-state index in [1.54, 1.807) is 11.6 Å². The molecule has 2 aromatic rings. The summed E-state index contributed by atoms with van der Waals surface area (Å²) < 4.78 is 11.9. The molecule has 0 saturated heterocycles. The monoisotopic (exact) mass is 249 g/mol. The molecule has 0 aliphatic heterocycles. The maximum atomic E-state index is 11.7. The Bertz CT molecular complexity index is 557. The Morgan fingerprint density at radius 2 is 2.28 bits per heavy atom. The van der Waals surface area contributed by atoms with Crippen LogP contribution < -0.4 is 0 Å². The smallest absolute Gasteiger partial charge is 0.360 e. The van der Waals surface area contributed by atoms with Gasteiger partial charge in [0.15, 0.2) is 17.8 Å². The van der Waals surface area contributed by atoms with Crippen LogP contribution in [0.1, 0.15) is 30.0 Å². The van der Waals surface area contributed by atoms with E-state index in [0.717, 1.165) is 17.7 Å². The number of hydrogen-bond donors (Lipinski definition) is 0. The van der Waals surface area contributed by atoms with Gasteiger partial charge < -0.3 is 9.15 Å². The normalized spacial score (nSPS) is 10.6. The van der Waals surface area contributed by atoms with Crippen molar-refractivity contribution in [2.24, 2.45) is 7.05 Å². The Hall–Kier alpha value is -2.11. The molecule has 2 rings (SSSR count). The third kappa shape index (κ3) is 2.13. The lowest BCUT2D eigenvalue weighted by atomic mass is 10.1. The summed E-state index contributed by atoms with van der Waals surface area (Å²) in [5.41, 5.74) is 1.83. The van der Waals surface area contributed by atoms with Gasteiger partial charge in [0.2, 0.25) is 0 Å². The Morgan fingerprint density at radius 1 is 1.50 bits per heavy atom. The molecule has 0 saturated carbocycles. The first kappa shape index (κ1) is 12.3. The third-order valence-electron chi connectivity index (χ3n) is 2.52. The van der Waals surface area contributed by atoms with Crippen LogP contribution >= 0.6 is 0 Å². The minimum atomic E-state index is -0.479. The lowest BCUT2D eigenvalue weighted by Crippen LogP contribution is -2.06. The quantitative estimate of drug-likeness (QED) is 0.773. The Labute approximate surface area is 105 Å². The van der Waals surface area contributed by atoms with Gasteiger partial charge in [0.1, 0.15) is 0 Å². The van der Waals surface area contributed by atoms with Crippen LogP contribution in [0.3, 0.4) is 0 Å². The zero-order valence-electron chi connectivity index (χ0n) is 10.6. The molecule has 0 bridgehead atoms. The predicted molar refractivity (Wildman–Crippen MR) is 64.0 cm³/mol. The number of ether oxygens (including phenoxy) is 1.